The quantitative estimate of drug-likeness (QED) is 0.780. The van der Waals surface area contributed by atoms with Crippen molar-refractivity contribution in [1.82, 2.24) is 4.90 Å². The molecule has 5 nitrogen and oxygen atoms in total. The standard InChI is InChI=1S/C14H18Cl2N2O3/c1-3-7-18(9-13(20)21-2)8-12(19)17-14-10(15)5-4-6-11(14)16/h4-6H,3,7-9H2,1-2H3,(H,17,19). The number of rotatable bonds is 7. The molecular formula is C14H18Cl2N2O3. The van der Waals surface area contributed by atoms with Crippen molar-refractivity contribution in [2.24, 2.45) is 0 Å². The summed E-state index contributed by atoms with van der Waals surface area (Å²) in [5.41, 5.74) is 0.375. The molecule has 0 aliphatic carbocycles. The van der Waals surface area contributed by atoms with Crippen molar-refractivity contribution < 1.29 is 14.3 Å². The number of nitrogens with one attached hydrogen (secondary N) is 1. The van der Waals surface area contributed by atoms with Gasteiger partial charge in [0.15, 0.2) is 0 Å². The molecular weight excluding hydrogens is 315 g/mol. The zero-order valence-corrected chi connectivity index (χ0v) is 13.5. The minimum atomic E-state index is -0.382. The molecule has 0 atom stereocenters. The van der Waals surface area contributed by atoms with Crippen LogP contribution in [0.3, 0.4) is 0 Å². The highest BCUT2D eigenvalue weighted by molar-refractivity contribution is 6.39. The first-order valence-corrected chi connectivity index (χ1v) is 7.26. The molecule has 1 rings (SSSR count). The fourth-order valence-corrected chi connectivity index (χ4v) is 2.27. The topological polar surface area (TPSA) is 58.6 Å². The molecule has 0 aliphatic heterocycles. The van der Waals surface area contributed by atoms with Gasteiger partial charge >= 0.3 is 5.97 Å². The van der Waals surface area contributed by atoms with Crippen molar-refractivity contribution >= 4 is 40.8 Å². The summed E-state index contributed by atoms with van der Waals surface area (Å²) >= 11 is 12.0. The largest absolute Gasteiger partial charge is 0.468 e. The number of benzene rings is 1. The summed E-state index contributed by atoms with van der Waals surface area (Å²) in [6.45, 7) is 2.70. The van der Waals surface area contributed by atoms with Gasteiger partial charge in [0, 0.05) is 0 Å². The fourth-order valence-electron chi connectivity index (χ4n) is 1.78. The van der Waals surface area contributed by atoms with Gasteiger partial charge < -0.3 is 10.1 Å². The minimum absolute atomic E-state index is 0.0600. The highest BCUT2D eigenvalue weighted by atomic mass is 35.5. The van der Waals surface area contributed by atoms with Crippen LogP contribution >= 0.6 is 23.2 Å². The second kappa shape index (κ2) is 8.87. The Morgan fingerprint density at radius 3 is 2.38 bits per heavy atom. The second-order valence-corrected chi connectivity index (χ2v) is 5.25. The predicted molar refractivity (Wildman–Crippen MR) is 83.8 cm³/mol. The highest BCUT2D eigenvalue weighted by Gasteiger charge is 2.16. The molecule has 1 aromatic rings. The van der Waals surface area contributed by atoms with Crippen LogP contribution in [0.5, 0.6) is 0 Å². The van der Waals surface area contributed by atoms with Crippen molar-refractivity contribution in [3.8, 4) is 0 Å². The summed E-state index contributed by atoms with van der Waals surface area (Å²) in [4.78, 5) is 25.1. The van der Waals surface area contributed by atoms with Crippen LogP contribution in [0.15, 0.2) is 18.2 Å². The van der Waals surface area contributed by atoms with Gasteiger partial charge in [-0.25, -0.2) is 0 Å². The van der Waals surface area contributed by atoms with Crippen LogP contribution in [0.2, 0.25) is 10.0 Å². The first-order chi connectivity index (χ1) is 9.97. The highest BCUT2D eigenvalue weighted by Crippen LogP contribution is 2.29. The molecule has 0 fully saturated rings. The third-order valence-electron chi connectivity index (χ3n) is 2.71. The maximum Gasteiger partial charge on any atom is 0.319 e. The molecule has 0 saturated heterocycles. The summed E-state index contributed by atoms with van der Waals surface area (Å²) < 4.78 is 4.61. The predicted octanol–water partition coefficient (Wildman–Crippen LogP) is 2.82. The number of methoxy groups -OCH3 is 1. The van der Waals surface area contributed by atoms with E-state index in [1.54, 1.807) is 23.1 Å². The molecule has 0 radical (unpaired) electrons. The van der Waals surface area contributed by atoms with E-state index in [0.717, 1.165) is 6.42 Å². The van der Waals surface area contributed by atoms with Crippen molar-refractivity contribution in [1.29, 1.82) is 0 Å². The normalized spacial score (nSPS) is 10.5. The Morgan fingerprint density at radius 2 is 1.86 bits per heavy atom. The molecule has 116 valence electrons. The third-order valence-corrected chi connectivity index (χ3v) is 3.34. The van der Waals surface area contributed by atoms with Crippen LogP contribution in [-0.4, -0.2) is 43.5 Å². The smallest absolute Gasteiger partial charge is 0.319 e. The van der Waals surface area contributed by atoms with Crippen LogP contribution in [0, 0.1) is 0 Å². The van der Waals surface area contributed by atoms with Gasteiger partial charge in [0.2, 0.25) is 5.91 Å². The maximum atomic E-state index is 12.0. The Bertz CT molecular complexity index is 489. The van der Waals surface area contributed by atoms with Crippen LogP contribution in [0.1, 0.15) is 13.3 Å². The van der Waals surface area contributed by atoms with E-state index in [0.29, 0.717) is 22.3 Å². The molecule has 0 unspecified atom stereocenters. The number of amides is 1. The lowest BCUT2D eigenvalue weighted by atomic mass is 10.3. The number of nitrogens with zero attached hydrogens (tertiary/aromatic N) is 1. The van der Waals surface area contributed by atoms with Gasteiger partial charge in [0.1, 0.15) is 0 Å². The Kier molecular flexibility index (Phi) is 7.50. The van der Waals surface area contributed by atoms with Gasteiger partial charge in [-0.15, -0.1) is 0 Å². The monoisotopic (exact) mass is 332 g/mol. The van der Waals surface area contributed by atoms with E-state index in [4.69, 9.17) is 23.2 Å². The molecule has 7 heteroatoms. The number of anilines is 1. The Labute approximate surface area is 134 Å². The number of para-hydroxylation sites is 1. The van der Waals surface area contributed by atoms with Gasteiger partial charge in [-0.05, 0) is 25.1 Å². The second-order valence-electron chi connectivity index (χ2n) is 4.43. The summed E-state index contributed by atoms with van der Waals surface area (Å²) in [7, 11) is 1.32. The molecule has 0 spiro atoms. The van der Waals surface area contributed by atoms with Crippen LogP contribution in [0.4, 0.5) is 5.69 Å². The van der Waals surface area contributed by atoms with Crippen LogP contribution < -0.4 is 5.32 Å². The Hall–Kier alpha value is -1.30. The molecule has 0 aromatic heterocycles. The molecule has 0 saturated carbocycles. The molecule has 1 N–H and O–H groups in total. The average Bonchev–Trinajstić information content (AvgIpc) is 2.43. The van der Waals surface area contributed by atoms with Crippen molar-refractivity contribution in [3.05, 3.63) is 28.2 Å². The van der Waals surface area contributed by atoms with E-state index in [1.165, 1.54) is 7.11 Å². The average molecular weight is 333 g/mol. The minimum Gasteiger partial charge on any atom is -0.468 e. The zero-order chi connectivity index (χ0) is 15.8. The lowest BCUT2D eigenvalue weighted by Gasteiger charge is -2.20. The SMILES string of the molecule is CCCN(CC(=O)Nc1c(Cl)cccc1Cl)CC(=O)OC. The zero-order valence-electron chi connectivity index (χ0n) is 12.0. The molecule has 0 bridgehead atoms. The third kappa shape index (κ3) is 5.91. The molecule has 1 amide bonds. The van der Waals surface area contributed by atoms with Gasteiger partial charge in [0.25, 0.3) is 0 Å². The number of hydrogen-bond acceptors (Lipinski definition) is 4. The first-order valence-electron chi connectivity index (χ1n) is 6.51. The fraction of sp³-hybridized carbons (Fsp3) is 0.429. The lowest BCUT2D eigenvalue weighted by Crippen LogP contribution is -2.37. The first kappa shape index (κ1) is 17.8. The lowest BCUT2D eigenvalue weighted by molar-refractivity contribution is -0.142. The van der Waals surface area contributed by atoms with Gasteiger partial charge in [0.05, 0.1) is 35.9 Å². The van der Waals surface area contributed by atoms with Gasteiger partial charge in [-0.1, -0.05) is 36.2 Å². The number of ether oxygens (including phenoxy) is 1. The summed E-state index contributed by atoms with van der Waals surface area (Å²) in [5.74, 6) is -0.672. The van der Waals surface area contributed by atoms with E-state index in [2.05, 4.69) is 10.1 Å². The summed E-state index contributed by atoms with van der Waals surface area (Å²) in [6, 6.07) is 4.98. The van der Waals surface area contributed by atoms with E-state index >= 15 is 0 Å². The number of esters is 1. The maximum absolute atomic E-state index is 12.0. The van der Waals surface area contributed by atoms with E-state index in [-0.39, 0.29) is 25.0 Å². The number of halogens is 2. The van der Waals surface area contributed by atoms with Gasteiger partial charge in [-0.2, -0.15) is 0 Å². The van der Waals surface area contributed by atoms with Crippen molar-refractivity contribution in [3.63, 3.8) is 0 Å². The number of hydrogen-bond donors (Lipinski definition) is 1. The Balaban J connectivity index is 2.67. The molecule has 1 aromatic carbocycles. The molecule has 21 heavy (non-hydrogen) atoms. The summed E-state index contributed by atoms with van der Waals surface area (Å²) in [5, 5.41) is 3.40. The summed E-state index contributed by atoms with van der Waals surface area (Å²) in [6.07, 6.45) is 0.817. The molecule has 0 heterocycles. The van der Waals surface area contributed by atoms with Gasteiger partial charge in [-0.3, -0.25) is 14.5 Å². The van der Waals surface area contributed by atoms with E-state index < -0.39 is 0 Å². The van der Waals surface area contributed by atoms with Crippen LogP contribution in [-0.2, 0) is 14.3 Å². The molecule has 0 aliphatic rings. The Morgan fingerprint density at radius 1 is 1.24 bits per heavy atom. The van der Waals surface area contributed by atoms with Crippen molar-refractivity contribution in [2.45, 2.75) is 13.3 Å². The van der Waals surface area contributed by atoms with E-state index in [1.807, 2.05) is 6.92 Å². The van der Waals surface area contributed by atoms with Crippen LogP contribution in [0.25, 0.3) is 0 Å². The van der Waals surface area contributed by atoms with Crippen molar-refractivity contribution in [2.75, 3.05) is 32.1 Å². The number of carbonyl (C=O) groups is 2. The number of carbonyl (C=O) groups excluding carboxylic acids is 2. The van der Waals surface area contributed by atoms with E-state index in [9.17, 15) is 9.59 Å².